The summed E-state index contributed by atoms with van der Waals surface area (Å²) in [5, 5.41) is 45.7. The third-order valence-electron chi connectivity index (χ3n) is 12.3. The van der Waals surface area contributed by atoms with Gasteiger partial charge in [0, 0.05) is 31.4 Å². The van der Waals surface area contributed by atoms with E-state index in [4.69, 9.17) is 29.0 Å². The van der Waals surface area contributed by atoms with Gasteiger partial charge in [-0.2, -0.15) is 9.29 Å². The Balaban J connectivity index is 1.85. The molecular weight excluding hydrogens is 968 g/mol. The number of nitrogens with two attached hydrogens (primary N) is 1. The summed E-state index contributed by atoms with van der Waals surface area (Å²) >= 11 is 0. The van der Waals surface area contributed by atoms with E-state index < -0.39 is 120 Å². The number of esters is 2. The van der Waals surface area contributed by atoms with Crippen molar-refractivity contribution in [3.05, 3.63) is 47.1 Å². The summed E-state index contributed by atoms with van der Waals surface area (Å²) in [4.78, 5) is 78.0. The van der Waals surface area contributed by atoms with E-state index in [1.54, 1.807) is 12.2 Å². The van der Waals surface area contributed by atoms with E-state index in [0.717, 1.165) is 61.6 Å². The van der Waals surface area contributed by atoms with Crippen molar-refractivity contribution in [1.82, 2.24) is 9.55 Å². The normalized spacial score (nSPS) is 30.1. The van der Waals surface area contributed by atoms with Crippen LogP contribution in [0.15, 0.2) is 41.4 Å². The first kappa shape index (κ1) is 62.1. The lowest BCUT2D eigenvalue weighted by Crippen LogP contribution is -2.51. The van der Waals surface area contributed by atoms with Crippen LogP contribution < -0.4 is 11.4 Å². The van der Waals surface area contributed by atoms with Gasteiger partial charge >= 0.3 is 33.3 Å². The Labute approximate surface area is 417 Å². The highest BCUT2D eigenvalue weighted by molar-refractivity contribution is 7.61. The number of ketones is 1. The number of carbonyl (C=O) groups is 3. The van der Waals surface area contributed by atoms with Crippen molar-refractivity contribution in [2.45, 2.75) is 198 Å². The highest BCUT2D eigenvalue weighted by Gasteiger charge is 2.45. The Hall–Kier alpha value is -3.17. The van der Waals surface area contributed by atoms with Crippen LogP contribution in [0, 0.1) is 17.8 Å². The molecule has 0 amide bonds. The molecule has 1 aromatic rings. The molecule has 2 aliphatic rings. The highest BCUT2D eigenvalue weighted by Crippen LogP contribution is 2.60. The predicted molar refractivity (Wildman–Crippen MR) is 262 cm³/mol. The zero-order valence-electron chi connectivity index (χ0n) is 41.7. The number of ether oxygens (including phenoxy) is 3. The summed E-state index contributed by atoms with van der Waals surface area (Å²) in [6, 6.07) is 1.23. The minimum absolute atomic E-state index is 0.00218. The van der Waals surface area contributed by atoms with Crippen LogP contribution in [0.1, 0.15) is 162 Å². The number of phosphoric acid groups is 2. The maximum atomic E-state index is 13.9. The van der Waals surface area contributed by atoms with Crippen LogP contribution in [0.4, 0.5) is 5.82 Å². The number of fused-ring (bicyclic) bond motifs is 3. The van der Waals surface area contributed by atoms with Crippen molar-refractivity contribution in [2.24, 2.45) is 17.8 Å². The maximum absolute atomic E-state index is 13.9. The number of aliphatic hydroxyl groups excluding tert-OH is 4. The number of hydrogen-bond donors (Lipinski definition) is 7. The Morgan fingerprint density at radius 2 is 1.52 bits per heavy atom. The molecule has 0 saturated carbocycles. The van der Waals surface area contributed by atoms with Crippen LogP contribution in [0.2, 0.25) is 0 Å². The van der Waals surface area contributed by atoms with E-state index in [1.807, 2.05) is 6.92 Å². The van der Waals surface area contributed by atoms with Gasteiger partial charge in [-0.25, -0.2) is 13.9 Å². The van der Waals surface area contributed by atoms with Gasteiger partial charge in [0.05, 0.1) is 37.4 Å². The Bertz CT molecular complexity index is 1970. The van der Waals surface area contributed by atoms with Crippen molar-refractivity contribution in [3.8, 4) is 0 Å². The molecule has 2 unspecified atom stereocenters. The SMILES string of the molecule is CCCCC[C@H](O)C=C[C@H]1C(=O)C[C@H](O)[C@@H]2C/C=C\CCCC(=O)OC[C@@H](OC(=O)CCCCCCCCCCCCC(C)C)COP(=O)(O)OP(=O)(O)OC[C@@H](O[C@H]2n2ccc(N)nc2=O)[C@@H](O)[C@H]1O. The Morgan fingerprint density at radius 3 is 2.17 bits per heavy atom. The van der Waals surface area contributed by atoms with E-state index in [2.05, 4.69) is 23.1 Å². The lowest BCUT2D eigenvalue weighted by Gasteiger charge is -2.39. The van der Waals surface area contributed by atoms with E-state index in [0.29, 0.717) is 19.3 Å². The smallest absolute Gasteiger partial charge is 0.462 e. The average molecular weight is 1050 g/mol. The second-order valence-electron chi connectivity index (χ2n) is 18.9. The standard InChI is InChI=1S/C48H81N3O18P2/c1-4-5-16-22-35(52)26-27-37-39(53)30-40(54)38-23-18-14-15-19-24-43(55)64-31-36(67-44(56)25-20-13-11-9-7-6-8-10-12-17-21-34(2)3)32-65-70(60,61)69-71(62,63)66-33-41(46(58)45(37)57)68-47(38)51-29-28-42(49)50-48(51)59/h14,18,26-29,34-38,40-41,45-47,52,54,57-58H,4-13,15-17,19-25,30-33H2,1-3H3,(H,60,61)(H,62,63)(H2,49,50,59)/b18-14-,27-26?/t35-,36+,37-,38-,40-,41+,45-,46+,47+/m0/s1. The van der Waals surface area contributed by atoms with E-state index >= 15 is 0 Å². The average Bonchev–Trinajstić information content (AvgIpc) is 3.29. The number of nitrogen functional groups attached to an aromatic ring is 1. The van der Waals surface area contributed by atoms with Crippen molar-refractivity contribution >= 4 is 39.2 Å². The summed E-state index contributed by atoms with van der Waals surface area (Å²) in [5.41, 5.74) is 4.74. The molecule has 0 aliphatic carbocycles. The van der Waals surface area contributed by atoms with E-state index in [1.165, 1.54) is 50.3 Å². The van der Waals surface area contributed by atoms with Gasteiger partial charge in [-0.15, -0.1) is 0 Å². The van der Waals surface area contributed by atoms with Gasteiger partial charge in [-0.1, -0.05) is 129 Å². The number of carbonyl (C=O) groups excluding carboxylic acids is 3. The first-order valence-electron chi connectivity index (χ1n) is 25.3. The molecule has 2 aliphatic heterocycles. The maximum Gasteiger partial charge on any atom is 0.481 e. The molecule has 1 aromatic heterocycles. The Morgan fingerprint density at radius 1 is 0.887 bits per heavy atom. The number of cyclic esters (lactones) is 1. The molecular formula is C48H81N3O18P2. The lowest BCUT2D eigenvalue weighted by atomic mass is 9.83. The molecule has 0 spiro atoms. The molecule has 3 heterocycles. The first-order valence-corrected chi connectivity index (χ1v) is 28.3. The molecule has 1 saturated heterocycles. The predicted octanol–water partition coefficient (Wildman–Crippen LogP) is 6.67. The third-order valence-corrected chi connectivity index (χ3v) is 14.9. The van der Waals surface area contributed by atoms with E-state index in [-0.39, 0.29) is 37.9 Å². The fraction of sp³-hybridized carbons (Fsp3) is 0.771. The summed E-state index contributed by atoms with van der Waals surface area (Å²) in [6.45, 7) is 3.69. The molecule has 8 N–H and O–H groups in total. The molecule has 3 rings (SSSR count). The van der Waals surface area contributed by atoms with Gasteiger partial charge in [-0.05, 0) is 44.1 Å². The van der Waals surface area contributed by atoms with Crippen molar-refractivity contribution < 1.29 is 81.3 Å². The van der Waals surface area contributed by atoms with Gasteiger partial charge in [0.15, 0.2) is 6.10 Å². The number of anilines is 1. The van der Waals surface area contributed by atoms with Crippen molar-refractivity contribution in [3.63, 3.8) is 0 Å². The van der Waals surface area contributed by atoms with Gasteiger partial charge in [-0.3, -0.25) is 28.0 Å². The number of nitrogens with zero attached hydrogens (tertiary/aromatic N) is 2. The number of aromatic nitrogens is 2. The molecule has 406 valence electrons. The number of allylic oxidation sites excluding steroid dienone is 2. The number of rotatable bonds is 21. The fourth-order valence-electron chi connectivity index (χ4n) is 8.25. The zero-order valence-corrected chi connectivity index (χ0v) is 43.4. The van der Waals surface area contributed by atoms with Crippen LogP contribution in [0.3, 0.4) is 0 Å². The minimum Gasteiger partial charge on any atom is -0.462 e. The summed E-state index contributed by atoms with van der Waals surface area (Å²) in [6.07, 6.45) is 8.83. The van der Waals surface area contributed by atoms with Crippen LogP contribution in [-0.2, 0) is 51.1 Å². The second-order valence-corrected chi connectivity index (χ2v) is 22.0. The number of unbranched alkanes of at least 4 members (excludes halogenated alkanes) is 11. The number of Topliss-reactive ketones (excluding diaryl/α,β-unsaturated/α-hetero) is 1. The lowest BCUT2D eigenvalue weighted by molar-refractivity contribution is -0.186. The largest absolute Gasteiger partial charge is 0.481 e. The fourth-order valence-corrected chi connectivity index (χ4v) is 10.4. The second kappa shape index (κ2) is 32.9. The monoisotopic (exact) mass is 1050 g/mol. The number of aliphatic hydroxyl groups is 4. The van der Waals surface area contributed by atoms with Gasteiger partial charge in [0.2, 0.25) is 0 Å². The summed E-state index contributed by atoms with van der Waals surface area (Å²) in [7, 11) is -11.3. The topological polar surface area (TPSA) is 323 Å². The third kappa shape index (κ3) is 24.6. The molecule has 1 fully saturated rings. The zero-order chi connectivity index (χ0) is 52.4. The molecule has 0 radical (unpaired) electrons. The van der Waals surface area contributed by atoms with Crippen molar-refractivity contribution in [2.75, 3.05) is 25.6 Å². The minimum atomic E-state index is -5.72. The van der Waals surface area contributed by atoms with Crippen LogP contribution in [0.25, 0.3) is 0 Å². The molecule has 11 atom stereocenters. The van der Waals surface area contributed by atoms with Crippen molar-refractivity contribution in [1.29, 1.82) is 0 Å². The Kier molecular flexibility index (Phi) is 28.8. The molecule has 2 bridgehead atoms. The van der Waals surface area contributed by atoms with Crippen LogP contribution in [-0.4, -0.2) is 114 Å². The van der Waals surface area contributed by atoms with Crippen LogP contribution >= 0.6 is 15.6 Å². The van der Waals surface area contributed by atoms with Gasteiger partial charge in [0.25, 0.3) is 0 Å². The quantitative estimate of drug-likeness (QED) is 0.0292. The number of phosphoric ester groups is 2. The molecule has 0 aromatic carbocycles. The van der Waals surface area contributed by atoms with Gasteiger partial charge < -0.3 is 50.2 Å². The van der Waals surface area contributed by atoms with Crippen LogP contribution in [0.5, 0.6) is 0 Å². The summed E-state index contributed by atoms with van der Waals surface area (Å²) in [5.74, 6) is -4.50. The summed E-state index contributed by atoms with van der Waals surface area (Å²) < 4.78 is 58.9. The highest BCUT2D eigenvalue weighted by atomic mass is 31.3. The number of hydrogen-bond acceptors (Lipinski definition) is 18. The molecule has 23 heteroatoms. The molecule has 71 heavy (non-hydrogen) atoms. The first-order chi connectivity index (χ1) is 33.7. The van der Waals surface area contributed by atoms with E-state index in [9.17, 15) is 58.5 Å². The molecule has 21 nitrogen and oxygen atoms in total. The van der Waals surface area contributed by atoms with Gasteiger partial charge in [0.1, 0.15) is 36.6 Å².